The van der Waals surface area contributed by atoms with E-state index < -0.39 is 6.10 Å². The molecule has 1 rings (SSSR count). The molecule has 1 N–H and O–H groups in total. The number of hydrogen-bond donors (Lipinski definition) is 1. The first-order chi connectivity index (χ1) is 8.95. The molecule has 1 aromatic rings. The van der Waals surface area contributed by atoms with E-state index in [1.54, 1.807) is 37.1 Å². The summed E-state index contributed by atoms with van der Waals surface area (Å²) in [5.74, 6) is 0.357. The normalized spacial score (nSPS) is 12.1. The first kappa shape index (κ1) is 16.1. The zero-order chi connectivity index (χ0) is 14.4. The van der Waals surface area contributed by atoms with Crippen molar-refractivity contribution in [1.29, 1.82) is 0 Å². The lowest BCUT2D eigenvalue weighted by Gasteiger charge is -2.22. The number of likely N-dealkylation sites (N-methyl/N-ethyl adjacent to an activating group) is 2. The molecule has 0 bridgehead atoms. The molecule has 1 atom stereocenters. The number of carbonyl (C=O) groups is 1. The molecular formula is C13H18Cl2N2O2. The van der Waals surface area contributed by atoms with Crippen molar-refractivity contribution in [3.63, 3.8) is 0 Å². The van der Waals surface area contributed by atoms with E-state index in [1.807, 2.05) is 7.05 Å². The maximum atomic E-state index is 12.0. The molecule has 0 spiro atoms. The average molecular weight is 305 g/mol. The van der Waals surface area contributed by atoms with Crippen molar-refractivity contribution in [2.24, 2.45) is 0 Å². The first-order valence-electron chi connectivity index (χ1n) is 5.97. The molecule has 0 radical (unpaired) electrons. The van der Waals surface area contributed by atoms with Crippen LogP contribution >= 0.6 is 23.2 Å². The van der Waals surface area contributed by atoms with E-state index in [4.69, 9.17) is 27.9 Å². The molecule has 106 valence electrons. The number of amides is 1. The Balaban J connectivity index is 2.63. The van der Waals surface area contributed by atoms with Crippen molar-refractivity contribution in [1.82, 2.24) is 10.2 Å². The monoisotopic (exact) mass is 304 g/mol. The molecule has 0 saturated carbocycles. The predicted octanol–water partition coefficient (Wildman–Crippen LogP) is 2.44. The number of benzene rings is 1. The molecule has 0 aromatic heterocycles. The third-order valence-corrected chi connectivity index (χ3v) is 3.15. The third kappa shape index (κ3) is 4.90. The van der Waals surface area contributed by atoms with Crippen LogP contribution in [0, 0.1) is 0 Å². The second-order valence-corrected chi connectivity index (χ2v) is 5.04. The van der Waals surface area contributed by atoms with Gasteiger partial charge in [-0.05, 0) is 32.2 Å². The number of ether oxygens (including phenoxy) is 1. The van der Waals surface area contributed by atoms with Crippen LogP contribution < -0.4 is 10.1 Å². The van der Waals surface area contributed by atoms with Crippen molar-refractivity contribution in [2.45, 2.75) is 13.0 Å². The van der Waals surface area contributed by atoms with Crippen LogP contribution in [0.4, 0.5) is 0 Å². The predicted molar refractivity (Wildman–Crippen MR) is 78.1 cm³/mol. The molecule has 19 heavy (non-hydrogen) atoms. The average Bonchev–Trinajstić information content (AvgIpc) is 2.38. The van der Waals surface area contributed by atoms with Crippen LogP contribution in [0.1, 0.15) is 6.92 Å². The quantitative estimate of drug-likeness (QED) is 0.878. The highest BCUT2D eigenvalue weighted by Gasteiger charge is 2.19. The smallest absolute Gasteiger partial charge is 0.263 e. The van der Waals surface area contributed by atoms with E-state index in [-0.39, 0.29) is 5.91 Å². The summed E-state index contributed by atoms with van der Waals surface area (Å²) >= 11 is 11.8. The molecule has 4 nitrogen and oxygen atoms in total. The fraction of sp³-hybridized carbons (Fsp3) is 0.462. The lowest BCUT2D eigenvalue weighted by molar-refractivity contribution is -0.136. The minimum absolute atomic E-state index is 0.0960. The maximum Gasteiger partial charge on any atom is 0.263 e. The molecule has 1 unspecified atom stereocenters. The molecule has 1 amide bonds. The van der Waals surface area contributed by atoms with Gasteiger partial charge in [0, 0.05) is 25.2 Å². The highest BCUT2D eigenvalue weighted by molar-refractivity contribution is 6.35. The highest BCUT2D eigenvalue weighted by Crippen LogP contribution is 2.28. The summed E-state index contributed by atoms with van der Waals surface area (Å²) in [6.07, 6.45) is -0.597. The van der Waals surface area contributed by atoms with E-state index in [1.165, 1.54) is 0 Å². The summed E-state index contributed by atoms with van der Waals surface area (Å²) in [6, 6.07) is 4.91. The van der Waals surface area contributed by atoms with E-state index in [0.29, 0.717) is 22.3 Å². The van der Waals surface area contributed by atoms with E-state index in [0.717, 1.165) is 6.54 Å². The van der Waals surface area contributed by atoms with Crippen LogP contribution in [-0.4, -0.2) is 44.1 Å². The van der Waals surface area contributed by atoms with Crippen LogP contribution in [0.3, 0.4) is 0 Å². The molecule has 0 aliphatic heterocycles. The van der Waals surface area contributed by atoms with Crippen LogP contribution in [0.15, 0.2) is 18.2 Å². The van der Waals surface area contributed by atoms with Gasteiger partial charge in [-0.3, -0.25) is 4.79 Å². The summed E-state index contributed by atoms with van der Waals surface area (Å²) in [4.78, 5) is 13.7. The molecule has 0 heterocycles. The Labute approximate surface area is 123 Å². The van der Waals surface area contributed by atoms with Gasteiger partial charge in [-0.1, -0.05) is 23.2 Å². The molecule has 6 heteroatoms. The standard InChI is InChI=1S/C13H18Cl2N2O2/c1-9(13(18)17(3)7-6-16-2)19-12-5-4-10(14)8-11(12)15/h4-5,8-9,16H,6-7H2,1-3H3. The maximum absolute atomic E-state index is 12.0. The van der Waals surface area contributed by atoms with E-state index in [9.17, 15) is 4.79 Å². The fourth-order valence-electron chi connectivity index (χ4n) is 1.51. The largest absolute Gasteiger partial charge is 0.479 e. The summed E-state index contributed by atoms with van der Waals surface area (Å²) < 4.78 is 5.56. The van der Waals surface area contributed by atoms with Crippen molar-refractivity contribution in [3.05, 3.63) is 28.2 Å². The zero-order valence-electron chi connectivity index (χ0n) is 11.2. The topological polar surface area (TPSA) is 41.6 Å². The Morgan fingerprint density at radius 3 is 2.74 bits per heavy atom. The van der Waals surface area contributed by atoms with Gasteiger partial charge in [0.05, 0.1) is 5.02 Å². The Morgan fingerprint density at radius 1 is 1.47 bits per heavy atom. The van der Waals surface area contributed by atoms with Gasteiger partial charge in [-0.25, -0.2) is 0 Å². The Hall–Kier alpha value is -0.970. The van der Waals surface area contributed by atoms with Gasteiger partial charge in [0.1, 0.15) is 5.75 Å². The number of halogens is 2. The fourth-order valence-corrected chi connectivity index (χ4v) is 1.96. The lowest BCUT2D eigenvalue weighted by atomic mass is 10.3. The third-order valence-electron chi connectivity index (χ3n) is 2.62. The summed E-state index contributed by atoms with van der Waals surface area (Å²) in [5.41, 5.74) is 0. The van der Waals surface area contributed by atoms with Gasteiger partial charge in [-0.2, -0.15) is 0 Å². The minimum Gasteiger partial charge on any atom is -0.479 e. The number of carbonyl (C=O) groups excluding carboxylic acids is 1. The van der Waals surface area contributed by atoms with Crippen LogP contribution in [0.2, 0.25) is 10.0 Å². The first-order valence-corrected chi connectivity index (χ1v) is 6.72. The SMILES string of the molecule is CNCCN(C)C(=O)C(C)Oc1ccc(Cl)cc1Cl. The van der Waals surface area contributed by atoms with Gasteiger partial charge in [0.2, 0.25) is 0 Å². The molecule has 0 aliphatic rings. The number of rotatable bonds is 6. The van der Waals surface area contributed by atoms with Crippen molar-refractivity contribution in [3.8, 4) is 5.75 Å². The van der Waals surface area contributed by atoms with Crippen molar-refractivity contribution >= 4 is 29.1 Å². The second-order valence-electron chi connectivity index (χ2n) is 4.20. The lowest BCUT2D eigenvalue weighted by Crippen LogP contribution is -2.40. The van der Waals surface area contributed by atoms with E-state index >= 15 is 0 Å². The molecular weight excluding hydrogens is 287 g/mol. The number of nitrogens with zero attached hydrogens (tertiary/aromatic N) is 1. The highest BCUT2D eigenvalue weighted by atomic mass is 35.5. The van der Waals surface area contributed by atoms with Gasteiger partial charge in [0.15, 0.2) is 6.10 Å². The van der Waals surface area contributed by atoms with Crippen LogP contribution in [-0.2, 0) is 4.79 Å². The number of nitrogens with one attached hydrogen (secondary N) is 1. The molecule has 0 saturated heterocycles. The summed E-state index contributed by atoms with van der Waals surface area (Å²) in [7, 11) is 3.58. The Kier molecular flexibility index (Phi) is 6.42. The Morgan fingerprint density at radius 2 is 2.16 bits per heavy atom. The van der Waals surface area contributed by atoms with Crippen LogP contribution in [0.5, 0.6) is 5.75 Å². The van der Waals surface area contributed by atoms with E-state index in [2.05, 4.69) is 5.32 Å². The van der Waals surface area contributed by atoms with Gasteiger partial charge in [-0.15, -0.1) is 0 Å². The van der Waals surface area contributed by atoms with Crippen LogP contribution in [0.25, 0.3) is 0 Å². The van der Waals surface area contributed by atoms with Gasteiger partial charge < -0.3 is 15.0 Å². The minimum atomic E-state index is -0.597. The van der Waals surface area contributed by atoms with Gasteiger partial charge in [0.25, 0.3) is 5.91 Å². The second kappa shape index (κ2) is 7.58. The summed E-state index contributed by atoms with van der Waals surface area (Å²) in [5, 5.41) is 3.91. The zero-order valence-corrected chi connectivity index (χ0v) is 12.8. The molecule has 0 fully saturated rings. The van der Waals surface area contributed by atoms with Gasteiger partial charge >= 0.3 is 0 Å². The molecule has 1 aromatic carbocycles. The summed E-state index contributed by atoms with van der Waals surface area (Å²) in [6.45, 7) is 3.05. The van der Waals surface area contributed by atoms with Crippen molar-refractivity contribution < 1.29 is 9.53 Å². The Bertz CT molecular complexity index is 441. The molecule has 0 aliphatic carbocycles. The number of hydrogen-bond acceptors (Lipinski definition) is 3. The van der Waals surface area contributed by atoms with Crippen molar-refractivity contribution in [2.75, 3.05) is 27.2 Å².